The number of amides is 1. The number of rotatable bonds is 7. The molecule has 0 heterocycles. The molecule has 7 nitrogen and oxygen atoms in total. The molecular weight excluding hydrogens is 332 g/mol. The molecule has 1 aromatic rings. The van der Waals surface area contributed by atoms with Crippen LogP contribution in [0.1, 0.15) is 52.2 Å². The Kier molecular flexibility index (Phi) is 7.91. The van der Waals surface area contributed by atoms with E-state index in [4.69, 9.17) is 20.6 Å². The molecule has 0 spiro atoms. The van der Waals surface area contributed by atoms with Crippen LogP contribution >= 0.6 is 0 Å². The Bertz CT molecular complexity index is 672. The van der Waals surface area contributed by atoms with Crippen LogP contribution in [0.15, 0.2) is 29.4 Å². The summed E-state index contributed by atoms with van der Waals surface area (Å²) in [6.07, 6.45) is 0.0309. The molecule has 0 saturated carbocycles. The van der Waals surface area contributed by atoms with Gasteiger partial charge in [0.15, 0.2) is 5.84 Å². The lowest BCUT2D eigenvalue weighted by Gasteiger charge is -2.24. The second kappa shape index (κ2) is 9.66. The van der Waals surface area contributed by atoms with E-state index < -0.39 is 17.7 Å². The molecule has 0 aliphatic carbocycles. The van der Waals surface area contributed by atoms with Crippen LogP contribution < -0.4 is 11.1 Å². The first kappa shape index (κ1) is 21.3. The summed E-state index contributed by atoms with van der Waals surface area (Å²) in [6.45, 7) is 9.51. The van der Waals surface area contributed by atoms with Crippen molar-refractivity contribution >= 4 is 11.9 Å². The number of ether oxygens (including phenoxy) is 1. The molecule has 26 heavy (non-hydrogen) atoms. The van der Waals surface area contributed by atoms with Crippen LogP contribution in [-0.2, 0) is 16.2 Å². The Morgan fingerprint density at radius 2 is 2.00 bits per heavy atom. The van der Waals surface area contributed by atoms with E-state index in [2.05, 4.69) is 16.5 Å². The summed E-state index contributed by atoms with van der Waals surface area (Å²) in [5.41, 5.74) is 6.64. The number of oxime groups is 1. The summed E-state index contributed by atoms with van der Waals surface area (Å²) in [6, 6.07) is 8.68. The van der Waals surface area contributed by atoms with E-state index in [-0.39, 0.29) is 18.4 Å². The Morgan fingerprint density at radius 1 is 1.35 bits per heavy atom. The van der Waals surface area contributed by atoms with Gasteiger partial charge in [0.05, 0.1) is 17.7 Å². The molecule has 0 bridgehead atoms. The zero-order chi connectivity index (χ0) is 19.7. The van der Waals surface area contributed by atoms with Crippen LogP contribution in [0.5, 0.6) is 0 Å². The minimum atomic E-state index is -0.601. The van der Waals surface area contributed by atoms with Crippen molar-refractivity contribution in [3.05, 3.63) is 35.4 Å². The molecule has 1 rings (SSSR count). The average molecular weight is 360 g/mol. The standard InChI is InChI=1S/C19H28N4O3/c1-13(2)10-16(22-18(24)26-19(3,4)5)17(21)23-25-12-15-9-7-6-8-14(15)11-20/h6-9,13,16H,10,12H2,1-5H3,(H2,21,23)(H,22,24). The van der Waals surface area contributed by atoms with Gasteiger partial charge in [-0.25, -0.2) is 4.79 Å². The maximum atomic E-state index is 12.0. The maximum Gasteiger partial charge on any atom is 0.408 e. The van der Waals surface area contributed by atoms with Crippen LogP contribution in [0.3, 0.4) is 0 Å². The van der Waals surface area contributed by atoms with Gasteiger partial charge < -0.3 is 20.6 Å². The molecule has 0 saturated heterocycles. The molecule has 0 aromatic heterocycles. The normalized spacial score (nSPS) is 13.0. The first-order valence-corrected chi connectivity index (χ1v) is 8.55. The van der Waals surface area contributed by atoms with Gasteiger partial charge in [0.25, 0.3) is 0 Å². The lowest BCUT2D eigenvalue weighted by Crippen LogP contribution is -2.47. The number of carbonyl (C=O) groups is 1. The quantitative estimate of drug-likeness (QED) is 0.440. The van der Waals surface area contributed by atoms with Gasteiger partial charge in [-0.15, -0.1) is 0 Å². The maximum absolute atomic E-state index is 12.0. The van der Waals surface area contributed by atoms with Gasteiger partial charge in [-0.05, 0) is 39.2 Å². The van der Waals surface area contributed by atoms with E-state index >= 15 is 0 Å². The lowest BCUT2D eigenvalue weighted by molar-refractivity contribution is 0.0512. The van der Waals surface area contributed by atoms with E-state index in [1.165, 1.54) is 0 Å². The van der Waals surface area contributed by atoms with Crippen molar-refractivity contribution in [3.8, 4) is 6.07 Å². The van der Waals surface area contributed by atoms with Gasteiger partial charge in [-0.2, -0.15) is 5.26 Å². The molecule has 0 radical (unpaired) electrons. The van der Waals surface area contributed by atoms with Crippen molar-refractivity contribution in [2.45, 2.75) is 59.3 Å². The number of amidine groups is 1. The van der Waals surface area contributed by atoms with Crippen LogP contribution in [0.2, 0.25) is 0 Å². The number of hydrogen-bond donors (Lipinski definition) is 2. The van der Waals surface area contributed by atoms with Crippen LogP contribution in [-0.4, -0.2) is 23.6 Å². The molecule has 0 fully saturated rings. The third kappa shape index (κ3) is 7.88. The number of nitrogens with one attached hydrogen (secondary N) is 1. The SMILES string of the molecule is CC(C)CC(NC(=O)OC(C)(C)C)/C(N)=N/OCc1ccccc1C#N. The number of carbonyl (C=O) groups excluding carboxylic acids is 1. The Morgan fingerprint density at radius 3 is 2.58 bits per heavy atom. The summed E-state index contributed by atoms with van der Waals surface area (Å²) in [4.78, 5) is 17.3. The van der Waals surface area contributed by atoms with Crippen LogP contribution in [0, 0.1) is 17.2 Å². The van der Waals surface area contributed by atoms with Crippen molar-refractivity contribution in [2.24, 2.45) is 16.8 Å². The fraction of sp³-hybridized carbons (Fsp3) is 0.526. The fourth-order valence-electron chi connectivity index (χ4n) is 2.17. The summed E-state index contributed by atoms with van der Waals surface area (Å²) in [5, 5.41) is 15.7. The van der Waals surface area contributed by atoms with Gasteiger partial charge in [-0.3, -0.25) is 0 Å². The highest BCUT2D eigenvalue weighted by Gasteiger charge is 2.23. The van der Waals surface area contributed by atoms with Gasteiger partial charge in [0, 0.05) is 5.56 Å². The zero-order valence-electron chi connectivity index (χ0n) is 16.1. The van der Waals surface area contributed by atoms with Gasteiger partial charge in [0.2, 0.25) is 0 Å². The molecule has 1 unspecified atom stereocenters. The minimum absolute atomic E-state index is 0.116. The summed E-state index contributed by atoms with van der Waals surface area (Å²) in [5.74, 6) is 0.432. The molecule has 1 atom stereocenters. The van der Waals surface area contributed by atoms with Gasteiger partial charge in [-0.1, -0.05) is 37.2 Å². The third-order valence-electron chi connectivity index (χ3n) is 3.28. The Hall–Kier alpha value is -2.75. The topological polar surface area (TPSA) is 110 Å². The van der Waals surface area contributed by atoms with Gasteiger partial charge >= 0.3 is 6.09 Å². The Labute approximate surface area is 155 Å². The van der Waals surface area contributed by atoms with E-state index in [1.54, 1.807) is 39.0 Å². The number of alkyl carbamates (subject to hydrolysis) is 1. The van der Waals surface area contributed by atoms with Crippen molar-refractivity contribution in [1.82, 2.24) is 5.32 Å². The molecule has 3 N–H and O–H groups in total. The molecular formula is C19H28N4O3. The van der Waals surface area contributed by atoms with Crippen molar-refractivity contribution in [1.29, 1.82) is 5.26 Å². The first-order valence-electron chi connectivity index (χ1n) is 8.55. The smallest absolute Gasteiger partial charge is 0.408 e. The number of nitriles is 1. The second-order valence-electron chi connectivity index (χ2n) is 7.39. The van der Waals surface area contributed by atoms with E-state index in [1.807, 2.05) is 19.9 Å². The molecule has 0 aliphatic heterocycles. The lowest BCUT2D eigenvalue weighted by atomic mass is 10.0. The summed E-state index contributed by atoms with van der Waals surface area (Å²) >= 11 is 0. The van der Waals surface area contributed by atoms with Crippen molar-refractivity contribution < 1.29 is 14.4 Å². The highest BCUT2D eigenvalue weighted by atomic mass is 16.6. The highest BCUT2D eigenvalue weighted by molar-refractivity contribution is 5.88. The molecule has 1 aromatic carbocycles. The number of benzene rings is 1. The van der Waals surface area contributed by atoms with Gasteiger partial charge in [0.1, 0.15) is 12.2 Å². The van der Waals surface area contributed by atoms with E-state index in [9.17, 15) is 4.79 Å². The number of nitrogens with zero attached hydrogens (tertiary/aromatic N) is 2. The minimum Gasteiger partial charge on any atom is -0.444 e. The highest BCUT2D eigenvalue weighted by Crippen LogP contribution is 2.11. The van der Waals surface area contributed by atoms with Crippen LogP contribution in [0.4, 0.5) is 4.79 Å². The predicted octanol–water partition coefficient (Wildman–Crippen LogP) is 3.29. The van der Waals surface area contributed by atoms with Crippen molar-refractivity contribution in [2.75, 3.05) is 0 Å². The van der Waals surface area contributed by atoms with E-state index in [0.717, 1.165) is 0 Å². The monoisotopic (exact) mass is 360 g/mol. The number of nitrogens with two attached hydrogens (primary N) is 1. The second-order valence-corrected chi connectivity index (χ2v) is 7.39. The molecule has 1 amide bonds. The molecule has 0 aliphatic rings. The third-order valence-corrected chi connectivity index (χ3v) is 3.28. The number of hydrogen-bond acceptors (Lipinski definition) is 5. The molecule has 7 heteroatoms. The summed E-state index contributed by atoms with van der Waals surface area (Å²) < 4.78 is 5.27. The Balaban J connectivity index is 2.75. The average Bonchev–Trinajstić information content (AvgIpc) is 2.52. The largest absolute Gasteiger partial charge is 0.444 e. The van der Waals surface area contributed by atoms with E-state index in [0.29, 0.717) is 17.5 Å². The zero-order valence-corrected chi connectivity index (χ0v) is 16.1. The fourth-order valence-corrected chi connectivity index (χ4v) is 2.17. The predicted molar refractivity (Wildman–Crippen MR) is 100 cm³/mol. The first-order chi connectivity index (χ1) is 12.1. The summed E-state index contributed by atoms with van der Waals surface area (Å²) in [7, 11) is 0. The van der Waals surface area contributed by atoms with Crippen LogP contribution in [0.25, 0.3) is 0 Å². The molecule has 142 valence electrons. The van der Waals surface area contributed by atoms with Crippen molar-refractivity contribution in [3.63, 3.8) is 0 Å².